The fourth-order valence-corrected chi connectivity index (χ4v) is 4.00. The number of halogens is 5. The highest BCUT2D eigenvalue weighted by Crippen LogP contribution is 2.44. The Labute approximate surface area is 217 Å². The van der Waals surface area contributed by atoms with E-state index in [0.717, 1.165) is 4.90 Å². The molecule has 0 aliphatic carbocycles. The zero-order chi connectivity index (χ0) is 25.2. The Hall–Kier alpha value is -2.56. The molecule has 0 saturated heterocycles. The Morgan fingerprint density at radius 3 is 1.85 bits per heavy atom. The van der Waals surface area contributed by atoms with Crippen molar-refractivity contribution in [1.29, 1.82) is 0 Å². The van der Waals surface area contributed by atoms with E-state index >= 15 is 0 Å². The average molecular weight is 568 g/mol. The summed E-state index contributed by atoms with van der Waals surface area (Å²) < 4.78 is 4.79. The van der Waals surface area contributed by atoms with Crippen molar-refractivity contribution in [1.82, 2.24) is 15.8 Å². The van der Waals surface area contributed by atoms with Crippen LogP contribution in [0.1, 0.15) is 37.5 Å². The maximum Gasteiger partial charge on any atom is 0.308 e. The highest BCUT2D eigenvalue weighted by Gasteiger charge is 2.41. The minimum Gasteiger partial charge on any atom is -0.455 e. The Kier molecular flexibility index (Phi) is 8.27. The van der Waals surface area contributed by atoms with Crippen LogP contribution in [-0.4, -0.2) is 47.6 Å². The van der Waals surface area contributed by atoms with Crippen LogP contribution < -0.4 is 10.9 Å². The van der Waals surface area contributed by atoms with E-state index in [2.05, 4.69) is 10.9 Å². The number of benzene rings is 2. The van der Waals surface area contributed by atoms with Crippen molar-refractivity contribution in [3.8, 4) is 0 Å². The molecule has 178 valence electrons. The summed E-state index contributed by atoms with van der Waals surface area (Å²) in [6.07, 6.45) is -0.424. The molecule has 14 heteroatoms. The second kappa shape index (κ2) is 10.8. The monoisotopic (exact) mass is 565 g/mol. The van der Waals surface area contributed by atoms with Gasteiger partial charge in [-0.3, -0.25) is 39.7 Å². The van der Waals surface area contributed by atoms with Gasteiger partial charge in [0.25, 0.3) is 23.6 Å². The van der Waals surface area contributed by atoms with Crippen molar-refractivity contribution >= 4 is 87.6 Å². The molecule has 0 radical (unpaired) electrons. The molecule has 9 nitrogen and oxygen atoms in total. The number of nitrogens with zero attached hydrogens (tertiary/aromatic N) is 1. The smallest absolute Gasteiger partial charge is 0.308 e. The van der Waals surface area contributed by atoms with Crippen molar-refractivity contribution in [2.45, 2.75) is 6.42 Å². The number of carbonyl (C=O) groups excluding carboxylic acids is 5. The zero-order valence-electron chi connectivity index (χ0n) is 16.7. The average Bonchev–Trinajstić information content (AvgIpc) is 3.07. The molecular weight excluding hydrogens is 556 g/mol. The van der Waals surface area contributed by atoms with E-state index < -0.39 is 42.6 Å². The Morgan fingerprint density at radius 1 is 0.794 bits per heavy atom. The van der Waals surface area contributed by atoms with Crippen LogP contribution >= 0.6 is 58.0 Å². The molecule has 0 fully saturated rings. The van der Waals surface area contributed by atoms with Crippen molar-refractivity contribution in [3.05, 3.63) is 66.1 Å². The number of rotatable bonds is 6. The first-order valence-corrected chi connectivity index (χ1v) is 11.1. The maximum atomic E-state index is 12.6. The molecule has 1 heterocycles. The summed E-state index contributed by atoms with van der Waals surface area (Å²) in [5.74, 6) is -3.93. The van der Waals surface area contributed by atoms with Gasteiger partial charge in [0.15, 0.2) is 6.61 Å². The summed E-state index contributed by atoms with van der Waals surface area (Å²) in [4.78, 5) is 61.6. The van der Waals surface area contributed by atoms with Gasteiger partial charge in [-0.1, -0.05) is 58.0 Å². The predicted octanol–water partition coefficient (Wildman–Crippen LogP) is 3.94. The summed E-state index contributed by atoms with van der Waals surface area (Å²) in [5.41, 5.74) is 4.03. The zero-order valence-corrected chi connectivity index (χ0v) is 20.5. The predicted molar refractivity (Wildman–Crippen MR) is 124 cm³/mol. The Balaban J connectivity index is 1.49. The molecule has 1 aliphatic rings. The summed E-state index contributed by atoms with van der Waals surface area (Å²) in [6.45, 7) is -1.09. The molecule has 1 aliphatic heterocycles. The molecule has 2 aromatic carbocycles. The van der Waals surface area contributed by atoms with E-state index in [1.807, 2.05) is 0 Å². The fourth-order valence-electron chi connectivity index (χ4n) is 2.86. The number of nitrogens with one attached hydrogen (secondary N) is 2. The number of imide groups is 1. The van der Waals surface area contributed by atoms with Gasteiger partial charge in [0.1, 0.15) is 0 Å². The third-order valence-corrected chi connectivity index (χ3v) is 6.56. The standard InChI is InChI=1S/C20H12Cl5N3O6/c21-9-3-1-8(2-4-9)18(31)27-26-10(29)7-34-11(30)5-6-28-19(32)12-13(20(28)33)15(23)17(25)16(24)14(12)22/h1-4H,5-7H2,(H,26,29)(H,27,31). The van der Waals surface area contributed by atoms with Crippen LogP contribution in [0, 0.1) is 0 Å². The van der Waals surface area contributed by atoms with Crippen LogP contribution in [0.15, 0.2) is 24.3 Å². The molecule has 0 bridgehead atoms. The third kappa shape index (κ3) is 5.39. The minimum absolute atomic E-state index is 0.177. The quantitative estimate of drug-likeness (QED) is 0.179. The van der Waals surface area contributed by atoms with E-state index in [4.69, 9.17) is 62.7 Å². The molecule has 0 spiro atoms. The van der Waals surface area contributed by atoms with Crippen LogP contribution in [-0.2, 0) is 14.3 Å². The number of carbonyl (C=O) groups is 5. The molecule has 3 rings (SSSR count). The fraction of sp³-hybridized carbons (Fsp3) is 0.150. The summed E-state index contributed by atoms with van der Waals surface area (Å²) >= 11 is 29.7. The van der Waals surface area contributed by atoms with Gasteiger partial charge >= 0.3 is 5.97 Å². The SMILES string of the molecule is O=C(COC(=O)CCN1C(=O)c2c(Cl)c(Cl)c(Cl)c(Cl)c2C1=O)NNC(=O)c1ccc(Cl)cc1. The molecule has 4 amide bonds. The van der Waals surface area contributed by atoms with Gasteiger partial charge in [-0.2, -0.15) is 0 Å². The van der Waals surface area contributed by atoms with E-state index in [-0.39, 0.29) is 43.3 Å². The number of hydrogen-bond donors (Lipinski definition) is 2. The van der Waals surface area contributed by atoms with Crippen LogP contribution in [0.2, 0.25) is 25.1 Å². The summed E-state index contributed by atoms with van der Waals surface area (Å²) in [6, 6.07) is 5.90. The van der Waals surface area contributed by atoms with Crippen LogP contribution in [0.25, 0.3) is 0 Å². The molecule has 2 N–H and O–H groups in total. The first kappa shape index (κ1) is 26.1. The summed E-state index contributed by atoms with van der Waals surface area (Å²) in [5, 5.41) is -0.376. The number of amides is 4. The van der Waals surface area contributed by atoms with E-state index in [0.29, 0.717) is 5.02 Å². The van der Waals surface area contributed by atoms with Crippen molar-refractivity contribution in [2.75, 3.05) is 13.2 Å². The second-order valence-electron chi connectivity index (χ2n) is 6.69. The van der Waals surface area contributed by atoms with Gasteiger partial charge in [-0.05, 0) is 24.3 Å². The first-order chi connectivity index (χ1) is 16.0. The third-order valence-electron chi connectivity index (χ3n) is 4.51. The lowest BCUT2D eigenvalue weighted by Gasteiger charge is -2.13. The molecular formula is C20H12Cl5N3O6. The van der Waals surface area contributed by atoms with Gasteiger partial charge in [0, 0.05) is 17.1 Å². The molecule has 0 saturated carbocycles. The van der Waals surface area contributed by atoms with Crippen LogP contribution in [0.5, 0.6) is 0 Å². The number of ether oxygens (including phenoxy) is 1. The second-order valence-corrected chi connectivity index (χ2v) is 8.64. The Morgan fingerprint density at radius 2 is 1.32 bits per heavy atom. The van der Waals surface area contributed by atoms with E-state index in [1.165, 1.54) is 24.3 Å². The first-order valence-electron chi connectivity index (χ1n) is 9.25. The number of hydrogen-bond acceptors (Lipinski definition) is 6. The lowest BCUT2D eigenvalue weighted by molar-refractivity contribution is -0.148. The van der Waals surface area contributed by atoms with Crippen LogP contribution in [0.3, 0.4) is 0 Å². The van der Waals surface area contributed by atoms with Gasteiger partial charge in [-0.25, -0.2) is 0 Å². The highest BCUT2D eigenvalue weighted by atomic mass is 35.5. The van der Waals surface area contributed by atoms with Crippen molar-refractivity contribution < 1.29 is 28.7 Å². The van der Waals surface area contributed by atoms with Gasteiger partial charge in [0.2, 0.25) is 0 Å². The van der Waals surface area contributed by atoms with Gasteiger partial charge in [-0.15, -0.1) is 0 Å². The minimum atomic E-state index is -0.885. The van der Waals surface area contributed by atoms with Crippen molar-refractivity contribution in [2.24, 2.45) is 0 Å². The molecule has 34 heavy (non-hydrogen) atoms. The largest absolute Gasteiger partial charge is 0.455 e. The summed E-state index contributed by atoms with van der Waals surface area (Å²) in [7, 11) is 0. The Bertz CT molecular complexity index is 1170. The number of fused-ring (bicyclic) bond motifs is 1. The number of hydrazine groups is 1. The molecule has 2 aromatic rings. The van der Waals surface area contributed by atoms with Crippen molar-refractivity contribution in [3.63, 3.8) is 0 Å². The lowest BCUT2D eigenvalue weighted by Crippen LogP contribution is -2.43. The molecule has 0 aromatic heterocycles. The normalized spacial score (nSPS) is 12.4. The van der Waals surface area contributed by atoms with Gasteiger partial charge < -0.3 is 4.74 Å². The van der Waals surface area contributed by atoms with Crippen LogP contribution in [0.4, 0.5) is 0 Å². The lowest BCUT2D eigenvalue weighted by atomic mass is 10.1. The van der Waals surface area contributed by atoms with E-state index in [9.17, 15) is 24.0 Å². The molecule has 0 atom stereocenters. The molecule has 0 unspecified atom stereocenters. The number of esters is 1. The van der Waals surface area contributed by atoms with E-state index in [1.54, 1.807) is 0 Å². The maximum absolute atomic E-state index is 12.6. The topological polar surface area (TPSA) is 122 Å². The highest BCUT2D eigenvalue weighted by molar-refractivity contribution is 6.55. The van der Waals surface area contributed by atoms with Gasteiger partial charge in [0.05, 0.1) is 37.6 Å².